The van der Waals surface area contributed by atoms with Crippen LogP contribution in [-0.2, 0) is 0 Å². The van der Waals surface area contributed by atoms with Crippen molar-refractivity contribution >= 4 is 21.9 Å². The fraction of sp³-hybridized carbons (Fsp3) is 0. The molecule has 0 saturated carbocycles. The van der Waals surface area contributed by atoms with E-state index in [1.54, 1.807) is 6.07 Å². The van der Waals surface area contributed by atoms with Crippen LogP contribution in [0.1, 0.15) is 11.4 Å². The number of rotatable bonds is 0. The summed E-state index contributed by atoms with van der Waals surface area (Å²) in [6.45, 7) is 0. The Balaban J connectivity index is 2.68. The summed E-state index contributed by atoms with van der Waals surface area (Å²) in [4.78, 5) is 3.91. The van der Waals surface area contributed by atoms with Crippen molar-refractivity contribution < 1.29 is 9.15 Å². The van der Waals surface area contributed by atoms with Crippen molar-refractivity contribution in [3.05, 3.63) is 41.1 Å². The zero-order valence-electron chi connectivity index (χ0n) is 8.91. The van der Waals surface area contributed by atoms with Crippen LogP contribution in [0.3, 0.4) is 0 Å². The van der Waals surface area contributed by atoms with E-state index in [0.29, 0.717) is 26.7 Å². The predicted molar refractivity (Wildman–Crippen MR) is 59.9 cm³/mol. The third-order valence-corrected chi connectivity index (χ3v) is 2.66. The zero-order chi connectivity index (χ0) is 12.7. The van der Waals surface area contributed by atoms with Crippen LogP contribution < -0.4 is 4.73 Å². The molecule has 0 saturated heterocycles. The second-order valence-electron chi connectivity index (χ2n) is 3.59. The highest BCUT2D eigenvalue weighted by Crippen LogP contribution is 2.30. The van der Waals surface area contributed by atoms with Crippen LogP contribution in [0.5, 0.6) is 0 Å². The van der Waals surface area contributed by atoms with E-state index in [1.807, 2.05) is 12.1 Å². The quantitative estimate of drug-likeness (QED) is 0.433. The van der Waals surface area contributed by atoms with E-state index in [1.165, 1.54) is 18.5 Å². The first-order chi connectivity index (χ1) is 8.76. The van der Waals surface area contributed by atoms with Crippen LogP contribution in [0.4, 0.5) is 0 Å². The minimum atomic E-state index is -0.101. The predicted octanol–water partition coefficient (Wildman–Crippen LogP) is 1.36. The lowest BCUT2D eigenvalue weighted by molar-refractivity contribution is -0.606. The Kier molecular flexibility index (Phi) is 1.92. The van der Waals surface area contributed by atoms with E-state index >= 15 is 0 Å². The average molecular weight is 236 g/mol. The summed E-state index contributed by atoms with van der Waals surface area (Å²) in [6, 6.07) is 6.80. The molecule has 3 heterocycles. The van der Waals surface area contributed by atoms with Crippen molar-refractivity contribution in [1.82, 2.24) is 4.98 Å². The summed E-state index contributed by atoms with van der Waals surface area (Å²) in [6.07, 6.45) is 2.64. The lowest BCUT2D eigenvalue weighted by Crippen LogP contribution is -2.29. The molecule has 0 amide bonds. The van der Waals surface area contributed by atoms with E-state index in [-0.39, 0.29) is 11.4 Å². The van der Waals surface area contributed by atoms with Gasteiger partial charge in [-0.3, -0.25) is 0 Å². The van der Waals surface area contributed by atoms with Crippen molar-refractivity contribution in [2.75, 3.05) is 0 Å². The smallest absolute Gasteiger partial charge is 0.306 e. The summed E-state index contributed by atoms with van der Waals surface area (Å²) in [5.41, 5.74) is 0.849. The highest BCUT2D eigenvalue weighted by atomic mass is 16.5. The summed E-state index contributed by atoms with van der Waals surface area (Å²) < 4.78 is 5.95. The Hall–Kier alpha value is -3.12. The van der Waals surface area contributed by atoms with Crippen molar-refractivity contribution in [2.45, 2.75) is 0 Å². The number of aromatic nitrogens is 2. The van der Waals surface area contributed by atoms with Gasteiger partial charge in [0, 0.05) is 12.3 Å². The summed E-state index contributed by atoms with van der Waals surface area (Å²) in [5.74, 6) is 0. The molecule has 0 radical (unpaired) electrons. The molecule has 0 atom stereocenters. The van der Waals surface area contributed by atoms with Gasteiger partial charge in [-0.15, -0.1) is 0 Å². The number of pyridine rings is 2. The van der Waals surface area contributed by atoms with Crippen molar-refractivity contribution in [1.29, 1.82) is 10.5 Å². The molecule has 0 N–H and O–H groups in total. The number of fused-ring (bicyclic) bond motifs is 3. The number of nitriles is 2. The van der Waals surface area contributed by atoms with Crippen molar-refractivity contribution in [3.8, 4) is 12.1 Å². The number of furan rings is 1. The van der Waals surface area contributed by atoms with E-state index < -0.39 is 0 Å². The third kappa shape index (κ3) is 1.14. The maximum absolute atomic E-state index is 11.6. The van der Waals surface area contributed by atoms with Gasteiger partial charge in [-0.05, 0) is 6.07 Å². The van der Waals surface area contributed by atoms with E-state index in [9.17, 15) is 5.21 Å². The van der Waals surface area contributed by atoms with Gasteiger partial charge in [-0.1, -0.05) is 0 Å². The first-order valence-electron chi connectivity index (χ1n) is 5.00. The first kappa shape index (κ1) is 10.1. The largest absolute Gasteiger partial charge is 0.618 e. The maximum Gasteiger partial charge on any atom is 0.306 e. The summed E-state index contributed by atoms with van der Waals surface area (Å²) >= 11 is 0. The Morgan fingerprint density at radius 3 is 2.67 bits per heavy atom. The fourth-order valence-electron chi connectivity index (χ4n) is 1.93. The van der Waals surface area contributed by atoms with Gasteiger partial charge in [-0.25, -0.2) is 4.98 Å². The summed E-state index contributed by atoms with van der Waals surface area (Å²) in [7, 11) is 0. The lowest BCUT2D eigenvalue weighted by Gasteiger charge is -1.97. The molecule has 0 spiro atoms. The van der Waals surface area contributed by atoms with E-state index in [2.05, 4.69) is 4.98 Å². The summed E-state index contributed by atoms with van der Waals surface area (Å²) in [5, 5.41) is 30.3. The molecule has 0 unspecified atom stereocenters. The topological polar surface area (TPSA) is 101 Å². The third-order valence-electron chi connectivity index (χ3n) is 2.66. The molecule has 3 aromatic rings. The molecule has 0 aliphatic rings. The van der Waals surface area contributed by atoms with Gasteiger partial charge in [-0.2, -0.15) is 15.3 Å². The van der Waals surface area contributed by atoms with Crippen LogP contribution >= 0.6 is 0 Å². The zero-order valence-corrected chi connectivity index (χ0v) is 8.91. The second-order valence-corrected chi connectivity index (χ2v) is 3.59. The normalized spacial score (nSPS) is 10.3. The Labute approximate surface area is 101 Å². The molecule has 0 fully saturated rings. The van der Waals surface area contributed by atoms with Gasteiger partial charge < -0.3 is 9.62 Å². The van der Waals surface area contributed by atoms with Gasteiger partial charge in [0.05, 0.1) is 5.39 Å². The molecule has 0 bridgehead atoms. The Bertz CT molecular complexity index is 868. The fourth-order valence-corrected chi connectivity index (χ4v) is 1.93. The van der Waals surface area contributed by atoms with Crippen molar-refractivity contribution in [2.24, 2.45) is 0 Å². The number of nitrogens with zero attached hydrogens (tertiary/aromatic N) is 4. The van der Waals surface area contributed by atoms with Crippen LogP contribution in [0.15, 0.2) is 28.9 Å². The van der Waals surface area contributed by atoms with Gasteiger partial charge in [0.1, 0.15) is 22.6 Å². The molecular formula is C12H4N4O2. The highest BCUT2D eigenvalue weighted by molar-refractivity contribution is 6.08. The standard InChI is InChI=1S/C12H4N4O2/c13-5-7-11-9(1-3-15-7)18-10-2-4-16(17)8(6-14)12(10)11/h1-4H. The highest BCUT2D eigenvalue weighted by Gasteiger charge is 2.20. The van der Waals surface area contributed by atoms with E-state index in [0.717, 1.165) is 0 Å². The van der Waals surface area contributed by atoms with Gasteiger partial charge in [0.15, 0.2) is 18.0 Å². The molecule has 6 heteroatoms. The number of hydrogen-bond donors (Lipinski definition) is 0. The van der Waals surface area contributed by atoms with Gasteiger partial charge in [0.2, 0.25) is 0 Å². The van der Waals surface area contributed by atoms with Crippen LogP contribution in [0, 0.1) is 27.9 Å². The average Bonchev–Trinajstić information content (AvgIpc) is 2.77. The Morgan fingerprint density at radius 2 is 1.94 bits per heavy atom. The molecule has 3 rings (SSSR count). The minimum Gasteiger partial charge on any atom is -0.618 e. The molecule has 0 aliphatic carbocycles. The molecular weight excluding hydrogens is 232 g/mol. The molecule has 3 aromatic heterocycles. The first-order valence-corrected chi connectivity index (χ1v) is 5.00. The molecule has 84 valence electrons. The maximum atomic E-state index is 11.6. The monoisotopic (exact) mass is 236 g/mol. The van der Waals surface area contributed by atoms with Gasteiger partial charge in [0.25, 0.3) is 0 Å². The van der Waals surface area contributed by atoms with Crippen LogP contribution in [0.25, 0.3) is 21.9 Å². The second kappa shape index (κ2) is 3.44. The molecule has 0 aliphatic heterocycles. The molecule has 18 heavy (non-hydrogen) atoms. The van der Waals surface area contributed by atoms with Crippen LogP contribution in [-0.4, -0.2) is 4.98 Å². The van der Waals surface area contributed by atoms with Crippen LogP contribution in [0.2, 0.25) is 0 Å². The molecule has 0 aromatic carbocycles. The lowest BCUT2D eigenvalue weighted by atomic mass is 10.1. The van der Waals surface area contributed by atoms with E-state index in [4.69, 9.17) is 14.9 Å². The number of hydrogen-bond acceptors (Lipinski definition) is 5. The van der Waals surface area contributed by atoms with Crippen molar-refractivity contribution in [3.63, 3.8) is 0 Å². The Morgan fingerprint density at radius 1 is 1.17 bits per heavy atom. The SMILES string of the molecule is N#Cc1nccc2oc3cc[n+]([O-])c(C#N)c3c12. The minimum absolute atomic E-state index is 0.101. The molecule has 6 nitrogen and oxygen atoms in total. The van der Waals surface area contributed by atoms with Gasteiger partial charge >= 0.3 is 5.69 Å².